The van der Waals surface area contributed by atoms with Crippen LogP contribution in [0.2, 0.25) is 0 Å². The van der Waals surface area contributed by atoms with Gasteiger partial charge in [0.1, 0.15) is 12.4 Å². The first kappa shape index (κ1) is 20.2. The number of guanidine groups is 1. The van der Waals surface area contributed by atoms with Gasteiger partial charge in [-0.2, -0.15) is 0 Å². The van der Waals surface area contributed by atoms with Gasteiger partial charge in [-0.1, -0.05) is 20.3 Å². The maximum absolute atomic E-state index is 4.92. The molecule has 1 atom stereocenters. The van der Waals surface area contributed by atoms with Gasteiger partial charge in [0.2, 0.25) is 0 Å². The van der Waals surface area contributed by atoms with Gasteiger partial charge in [-0.3, -0.25) is 0 Å². The number of piperidine rings is 1. The predicted octanol–water partition coefficient (Wildman–Crippen LogP) is 2.81. The van der Waals surface area contributed by atoms with Crippen LogP contribution >= 0.6 is 0 Å². The zero-order valence-corrected chi connectivity index (χ0v) is 17.5. The van der Waals surface area contributed by atoms with Crippen LogP contribution in [0.15, 0.2) is 17.4 Å². The van der Waals surface area contributed by atoms with Crippen LogP contribution in [-0.2, 0) is 13.1 Å². The van der Waals surface area contributed by atoms with E-state index in [0.29, 0.717) is 12.5 Å². The van der Waals surface area contributed by atoms with Gasteiger partial charge in [-0.05, 0) is 51.1 Å². The molecule has 0 saturated carbocycles. The molecule has 3 rings (SSSR count). The van der Waals surface area contributed by atoms with E-state index in [2.05, 4.69) is 51.6 Å². The van der Waals surface area contributed by atoms with E-state index in [1.807, 2.05) is 6.20 Å². The molecule has 2 fully saturated rings. The minimum Gasteiger partial charge on any atom is -0.357 e. The predicted molar refractivity (Wildman–Crippen MR) is 112 cm³/mol. The molecule has 2 saturated heterocycles. The van der Waals surface area contributed by atoms with Gasteiger partial charge in [0.25, 0.3) is 0 Å². The summed E-state index contributed by atoms with van der Waals surface area (Å²) in [6.45, 7) is 15.3. The van der Waals surface area contributed by atoms with E-state index in [-0.39, 0.29) is 0 Å². The fraction of sp³-hybridized carbons (Fsp3) is 0.810. The molecule has 1 unspecified atom stereocenters. The zero-order valence-electron chi connectivity index (χ0n) is 17.5. The van der Waals surface area contributed by atoms with Gasteiger partial charge in [-0.15, -0.1) is 0 Å². The quantitative estimate of drug-likeness (QED) is 0.589. The van der Waals surface area contributed by atoms with E-state index in [1.165, 1.54) is 45.3 Å². The second kappa shape index (κ2) is 10.1. The van der Waals surface area contributed by atoms with Crippen LogP contribution < -0.4 is 5.32 Å². The lowest BCUT2D eigenvalue weighted by atomic mass is 10.1. The monoisotopic (exact) mass is 374 g/mol. The van der Waals surface area contributed by atoms with Crippen molar-refractivity contribution >= 4 is 5.96 Å². The van der Waals surface area contributed by atoms with Crippen molar-refractivity contribution in [1.82, 2.24) is 24.7 Å². The first-order chi connectivity index (χ1) is 13.2. The third-order valence-corrected chi connectivity index (χ3v) is 5.62. The van der Waals surface area contributed by atoms with E-state index in [0.717, 1.165) is 43.9 Å². The summed E-state index contributed by atoms with van der Waals surface area (Å²) in [4.78, 5) is 14.6. The molecule has 27 heavy (non-hydrogen) atoms. The fourth-order valence-corrected chi connectivity index (χ4v) is 4.30. The lowest BCUT2D eigenvalue weighted by molar-refractivity contribution is 0.198. The van der Waals surface area contributed by atoms with Crippen LogP contribution in [0.1, 0.15) is 52.3 Å². The minimum absolute atomic E-state index is 0.615. The molecule has 0 bridgehead atoms. The number of likely N-dealkylation sites (tertiary alicyclic amines) is 2. The molecule has 0 aromatic carbocycles. The molecule has 6 nitrogen and oxygen atoms in total. The number of aromatic nitrogens is 2. The molecule has 6 heteroatoms. The number of nitrogens with zero attached hydrogens (tertiary/aromatic N) is 5. The molecular weight excluding hydrogens is 336 g/mol. The highest BCUT2D eigenvalue weighted by Crippen LogP contribution is 2.20. The third-order valence-electron chi connectivity index (χ3n) is 5.62. The van der Waals surface area contributed by atoms with E-state index >= 15 is 0 Å². The molecule has 1 aromatic heterocycles. The Hall–Kier alpha value is -1.56. The smallest absolute Gasteiger partial charge is 0.194 e. The Labute approximate surface area is 165 Å². The molecule has 1 aromatic rings. The minimum atomic E-state index is 0.615. The van der Waals surface area contributed by atoms with E-state index < -0.39 is 0 Å². The zero-order chi connectivity index (χ0) is 19.1. The first-order valence-electron chi connectivity index (χ1n) is 10.9. The lowest BCUT2D eigenvalue weighted by Gasteiger charge is -2.29. The summed E-state index contributed by atoms with van der Waals surface area (Å²) in [5.41, 5.74) is 0. The number of imidazole rings is 1. The normalized spacial score (nSPS) is 22.0. The van der Waals surface area contributed by atoms with Crippen molar-refractivity contribution in [2.45, 2.75) is 59.5 Å². The molecule has 0 amide bonds. The van der Waals surface area contributed by atoms with E-state index in [9.17, 15) is 0 Å². The van der Waals surface area contributed by atoms with Gasteiger partial charge in [0.15, 0.2) is 5.96 Å². The van der Waals surface area contributed by atoms with Crippen LogP contribution in [0.25, 0.3) is 0 Å². The molecule has 3 heterocycles. The Morgan fingerprint density at radius 2 is 2.07 bits per heavy atom. The average Bonchev–Trinajstić information content (AvgIpc) is 3.29. The Kier molecular flexibility index (Phi) is 7.56. The summed E-state index contributed by atoms with van der Waals surface area (Å²) in [5.74, 6) is 3.50. The van der Waals surface area contributed by atoms with Crippen molar-refractivity contribution in [3.05, 3.63) is 18.2 Å². The molecule has 0 spiro atoms. The largest absolute Gasteiger partial charge is 0.357 e. The number of aliphatic imine (C=N–C) groups is 1. The van der Waals surface area contributed by atoms with Gasteiger partial charge in [-0.25, -0.2) is 9.98 Å². The Morgan fingerprint density at radius 3 is 2.81 bits per heavy atom. The SMILES string of the molecule is CCNC(=NCc1nccn1CC(C)C)N1CCC(CN2CCCCC2)C1. The van der Waals surface area contributed by atoms with Crippen LogP contribution in [0.5, 0.6) is 0 Å². The summed E-state index contributed by atoms with van der Waals surface area (Å²) in [7, 11) is 0. The number of rotatable bonds is 7. The van der Waals surface area contributed by atoms with Crippen molar-refractivity contribution in [3.63, 3.8) is 0 Å². The van der Waals surface area contributed by atoms with Crippen molar-refractivity contribution in [1.29, 1.82) is 0 Å². The second-order valence-corrected chi connectivity index (χ2v) is 8.52. The maximum Gasteiger partial charge on any atom is 0.194 e. The third kappa shape index (κ3) is 5.96. The summed E-state index contributed by atoms with van der Waals surface area (Å²) < 4.78 is 2.24. The van der Waals surface area contributed by atoms with Crippen LogP contribution in [0.3, 0.4) is 0 Å². The fourth-order valence-electron chi connectivity index (χ4n) is 4.30. The summed E-state index contributed by atoms with van der Waals surface area (Å²) in [6.07, 6.45) is 9.42. The Morgan fingerprint density at radius 1 is 1.26 bits per heavy atom. The van der Waals surface area contributed by atoms with Crippen LogP contribution in [-0.4, -0.2) is 64.6 Å². The summed E-state index contributed by atoms with van der Waals surface area (Å²) >= 11 is 0. The highest BCUT2D eigenvalue weighted by Gasteiger charge is 2.27. The maximum atomic E-state index is 4.92. The van der Waals surface area contributed by atoms with Gasteiger partial charge in [0, 0.05) is 45.1 Å². The molecule has 2 aliphatic heterocycles. The Bertz CT molecular complexity index is 587. The number of hydrogen-bond donors (Lipinski definition) is 1. The van der Waals surface area contributed by atoms with Gasteiger partial charge >= 0.3 is 0 Å². The second-order valence-electron chi connectivity index (χ2n) is 8.52. The molecule has 2 aliphatic rings. The number of hydrogen-bond acceptors (Lipinski definition) is 3. The first-order valence-corrected chi connectivity index (χ1v) is 10.9. The van der Waals surface area contributed by atoms with Gasteiger partial charge < -0.3 is 19.7 Å². The molecule has 0 radical (unpaired) electrons. The van der Waals surface area contributed by atoms with Crippen molar-refractivity contribution < 1.29 is 0 Å². The standard InChI is InChI=1S/C21H38N6/c1-4-22-21(24-14-20-23-9-13-26(20)15-18(2)3)27-12-8-19(17-27)16-25-10-6-5-7-11-25/h9,13,18-19H,4-8,10-12,14-17H2,1-3H3,(H,22,24). The average molecular weight is 375 g/mol. The van der Waals surface area contributed by atoms with Gasteiger partial charge in [0.05, 0.1) is 0 Å². The van der Waals surface area contributed by atoms with Crippen LogP contribution in [0, 0.1) is 11.8 Å². The van der Waals surface area contributed by atoms with Crippen molar-refractivity contribution in [2.24, 2.45) is 16.8 Å². The topological polar surface area (TPSA) is 48.7 Å². The van der Waals surface area contributed by atoms with E-state index in [4.69, 9.17) is 4.99 Å². The van der Waals surface area contributed by atoms with E-state index in [1.54, 1.807) is 0 Å². The summed E-state index contributed by atoms with van der Waals surface area (Å²) in [5, 5.41) is 3.50. The van der Waals surface area contributed by atoms with Crippen molar-refractivity contribution in [2.75, 3.05) is 39.3 Å². The van der Waals surface area contributed by atoms with Crippen molar-refractivity contribution in [3.8, 4) is 0 Å². The number of nitrogens with one attached hydrogen (secondary N) is 1. The highest BCUT2D eigenvalue weighted by atomic mass is 15.3. The highest BCUT2D eigenvalue weighted by molar-refractivity contribution is 5.80. The summed E-state index contributed by atoms with van der Waals surface area (Å²) in [6, 6.07) is 0. The Balaban J connectivity index is 1.56. The molecule has 152 valence electrons. The lowest BCUT2D eigenvalue weighted by Crippen LogP contribution is -2.41. The molecular formula is C21H38N6. The molecule has 1 N–H and O–H groups in total. The molecule has 0 aliphatic carbocycles. The van der Waals surface area contributed by atoms with Crippen LogP contribution in [0.4, 0.5) is 0 Å².